The molecule has 2 saturated heterocycles. The molecule has 1 aromatic heterocycles. The van der Waals surface area contributed by atoms with E-state index in [1.165, 1.54) is 0 Å². The van der Waals surface area contributed by atoms with Crippen LogP contribution < -0.4 is 5.32 Å². The lowest BCUT2D eigenvalue weighted by atomic mass is 10.2. The number of ether oxygens (including phenoxy) is 1. The first-order valence-corrected chi connectivity index (χ1v) is 12.4. The molecule has 2 aliphatic heterocycles. The molecule has 0 radical (unpaired) electrons. The summed E-state index contributed by atoms with van der Waals surface area (Å²) in [6, 6.07) is 13.6. The van der Waals surface area contributed by atoms with Crippen molar-refractivity contribution in [2.24, 2.45) is 0 Å². The van der Waals surface area contributed by atoms with E-state index >= 15 is 0 Å². The van der Waals surface area contributed by atoms with Crippen molar-refractivity contribution < 1.29 is 19.1 Å². The van der Waals surface area contributed by atoms with Gasteiger partial charge in [0.25, 0.3) is 0 Å². The molecule has 1 N–H and O–H groups in total. The zero-order valence-electron chi connectivity index (χ0n) is 19.0. The first kappa shape index (κ1) is 24.2. The monoisotopic (exact) mass is 483 g/mol. The number of hydrogen-bond donors (Lipinski definition) is 1. The fourth-order valence-corrected chi connectivity index (χ4v) is 4.68. The largest absolute Gasteiger partial charge is 0.378 e. The Kier molecular flexibility index (Phi) is 8.51. The van der Waals surface area contributed by atoms with E-state index in [9.17, 15) is 14.4 Å². The molecule has 180 valence electrons. The summed E-state index contributed by atoms with van der Waals surface area (Å²) in [5, 5.41) is 3.92. The minimum absolute atomic E-state index is 0.0984. The normalized spacial score (nSPS) is 16.8. The molecule has 2 aromatic rings. The highest BCUT2D eigenvalue weighted by molar-refractivity contribution is 7.98. The molecule has 0 atom stereocenters. The number of benzene rings is 1. The molecule has 10 heteroatoms. The molecule has 0 unspecified atom stereocenters. The van der Waals surface area contributed by atoms with Crippen LogP contribution in [0.2, 0.25) is 0 Å². The highest BCUT2D eigenvalue weighted by Gasteiger charge is 2.30. The van der Waals surface area contributed by atoms with Gasteiger partial charge in [-0.25, -0.2) is 4.98 Å². The van der Waals surface area contributed by atoms with Crippen LogP contribution in [0.5, 0.6) is 0 Å². The standard InChI is InChI=1S/C24H29N5O4S/c30-21(26-20-5-3-4-19(16-20)18-34-22-6-1-2-7-25-22)17-27-8-10-28(11-9-27)23(31)24(32)29-12-14-33-15-13-29/h1-7,16H,8-15,17-18H2,(H,26,30). The van der Waals surface area contributed by atoms with E-state index in [2.05, 4.69) is 10.3 Å². The number of aromatic nitrogens is 1. The van der Waals surface area contributed by atoms with Crippen molar-refractivity contribution in [2.45, 2.75) is 10.8 Å². The molecule has 2 fully saturated rings. The second-order valence-electron chi connectivity index (χ2n) is 8.18. The van der Waals surface area contributed by atoms with Gasteiger partial charge < -0.3 is 19.9 Å². The molecular formula is C24H29N5O4S. The molecule has 3 amide bonds. The van der Waals surface area contributed by atoms with Crippen molar-refractivity contribution in [3.8, 4) is 0 Å². The van der Waals surface area contributed by atoms with E-state index in [-0.39, 0.29) is 12.5 Å². The number of nitrogens with one attached hydrogen (secondary N) is 1. The Morgan fingerprint density at radius 2 is 1.65 bits per heavy atom. The summed E-state index contributed by atoms with van der Waals surface area (Å²) in [6.07, 6.45) is 1.77. The van der Waals surface area contributed by atoms with Gasteiger partial charge in [0.15, 0.2) is 0 Å². The SMILES string of the molecule is O=C(CN1CCN(C(=O)C(=O)N2CCOCC2)CC1)Nc1cccc(CSc2ccccn2)c1. The van der Waals surface area contributed by atoms with Crippen LogP contribution in [0.3, 0.4) is 0 Å². The van der Waals surface area contributed by atoms with E-state index < -0.39 is 11.8 Å². The van der Waals surface area contributed by atoms with Crippen LogP contribution in [0.15, 0.2) is 53.7 Å². The Balaban J connectivity index is 1.20. The second kappa shape index (κ2) is 12.0. The molecule has 2 aliphatic rings. The quantitative estimate of drug-likeness (QED) is 0.489. The molecular weight excluding hydrogens is 454 g/mol. The average Bonchev–Trinajstić information content (AvgIpc) is 2.88. The lowest BCUT2D eigenvalue weighted by Gasteiger charge is -2.35. The highest BCUT2D eigenvalue weighted by Crippen LogP contribution is 2.22. The Morgan fingerprint density at radius 1 is 0.912 bits per heavy atom. The molecule has 34 heavy (non-hydrogen) atoms. The number of carbonyl (C=O) groups is 3. The van der Waals surface area contributed by atoms with Crippen LogP contribution in [0.4, 0.5) is 5.69 Å². The molecule has 0 saturated carbocycles. The summed E-state index contributed by atoms with van der Waals surface area (Å²) in [6.45, 7) is 4.05. The fourth-order valence-electron chi connectivity index (χ4n) is 3.88. The minimum atomic E-state index is -0.466. The minimum Gasteiger partial charge on any atom is -0.378 e. The number of morpholine rings is 1. The highest BCUT2D eigenvalue weighted by atomic mass is 32.2. The topological polar surface area (TPSA) is 95.1 Å². The lowest BCUT2D eigenvalue weighted by Crippen LogP contribution is -2.55. The van der Waals surface area contributed by atoms with Gasteiger partial charge in [-0.1, -0.05) is 18.2 Å². The second-order valence-corrected chi connectivity index (χ2v) is 9.17. The first-order valence-electron chi connectivity index (χ1n) is 11.4. The maximum atomic E-state index is 12.6. The summed E-state index contributed by atoms with van der Waals surface area (Å²) >= 11 is 1.65. The zero-order valence-corrected chi connectivity index (χ0v) is 19.8. The van der Waals surface area contributed by atoms with Crippen molar-refractivity contribution in [1.82, 2.24) is 19.7 Å². The van der Waals surface area contributed by atoms with Gasteiger partial charge in [-0.05, 0) is 29.8 Å². The third-order valence-corrected chi connectivity index (χ3v) is 6.76. The molecule has 4 rings (SSSR count). The van der Waals surface area contributed by atoms with Crippen molar-refractivity contribution in [3.05, 3.63) is 54.2 Å². The Hall–Kier alpha value is -2.95. The number of amides is 3. The van der Waals surface area contributed by atoms with E-state index in [4.69, 9.17) is 4.74 Å². The van der Waals surface area contributed by atoms with Crippen LogP contribution in [0.25, 0.3) is 0 Å². The van der Waals surface area contributed by atoms with Crippen LogP contribution in [-0.2, 0) is 24.9 Å². The number of rotatable bonds is 6. The maximum Gasteiger partial charge on any atom is 0.312 e. The number of piperazine rings is 1. The molecule has 0 bridgehead atoms. The zero-order chi connectivity index (χ0) is 23.8. The van der Waals surface area contributed by atoms with Crippen LogP contribution in [-0.4, -0.2) is 96.4 Å². The summed E-state index contributed by atoms with van der Waals surface area (Å²) in [7, 11) is 0. The van der Waals surface area contributed by atoms with E-state index in [1.54, 1.807) is 27.8 Å². The van der Waals surface area contributed by atoms with Crippen molar-refractivity contribution in [1.29, 1.82) is 0 Å². The Labute approximate surface area is 203 Å². The number of anilines is 1. The molecule has 1 aromatic carbocycles. The van der Waals surface area contributed by atoms with Crippen LogP contribution >= 0.6 is 11.8 Å². The van der Waals surface area contributed by atoms with Crippen LogP contribution in [0.1, 0.15) is 5.56 Å². The number of nitrogens with zero attached hydrogens (tertiary/aromatic N) is 4. The fraction of sp³-hybridized carbons (Fsp3) is 0.417. The lowest BCUT2D eigenvalue weighted by molar-refractivity contribution is -0.155. The van der Waals surface area contributed by atoms with Gasteiger partial charge in [0, 0.05) is 56.9 Å². The van der Waals surface area contributed by atoms with Gasteiger partial charge in [0.1, 0.15) is 0 Å². The number of pyridine rings is 1. The predicted octanol–water partition coefficient (Wildman–Crippen LogP) is 1.32. The van der Waals surface area contributed by atoms with Gasteiger partial charge >= 0.3 is 11.8 Å². The molecule has 3 heterocycles. The van der Waals surface area contributed by atoms with Gasteiger partial charge in [0.2, 0.25) is 5.91 Å². The molecule has 0 aliphatic carbocycles. The summed E-state index contributed by atoms with van der Waals surface area (Å²) < 4.78 is 5.24. The molecule has 0 spiro atoms. The Morgan fingerprint density at radius 3 is 2.35 bits per heavy atom. The van der Waals surface area contributed by atoms with Crippen molar-refractivity contribution in [3.63, 3.8) is 0 Å². The molecule has 9 nitrogen and oxygen atoms in total. The van der Waals surface area contributed by atoms with Crippen molar-refractivity contribution >= 4 is 35.2 Å². The number of thioether (sulfide) groups is 1. The first-order chi connectivity index (χ1) is 16.6. The van der Waals surface area contributed by atoms with E-state index in [0.29, 0.717) is 52.5 Å². The maximum absolute atomic E-state index is 12.6. The van der Waals surface area contributed by atoms with Gasteiger partial charge in [-0.15, -0.1) is 11.8 Å². The summed E-state index contributed by atoms with van der Waals surface area (Å²) in [5.41, 5.74) is 1.86. The van der Waals surface area contributed by atoms with E-state index in [0.717, 1.165) is 22.0 Å². The predicted molar refractivity (Wildman–Crippen MR) is 129 cm³/mol. The number of hydrogen-bond acceptors (Lipinski definition) is 7. The number of carbonyl (C=O) groups excluding carboxylic acids is 3. The van der Waals surface area contributed by atoms with Crippen LogP contribution in [0, 0.1) is 0 Å². The summed E-state index contributed by atoms with van der Waals surface area (Å²) in [4.78, 5) is 47.0. The third kappa shape index (κ3) is 6.78. The van der Waals surface area contributed by atoms with Crippen molar-refractivity contribution in [2.75, 3.05) is 64.3 Å². The average molecular weight is 484 g/mol. The third-order valence-electron chi connectivity index (χ3n) is 5.74. The van der Waals surface area contributed by atoms with E-state index in [1.807, 2.05) is 47.4 Å². The smallest absolute Gasteiger partial charge is 0.312 e. The van der Waals surface area contributed by atoms with Gasteiger partial charge in [-0.3, -0.25) is 19.3 Å². The van der Waals surface area contributed by atoms with Gasteiger partial charge in [-0.2, -0.15) is 0 Å². The van der Waals surface area contributed by atoms with Gasteiger partial charge in [0.05, 0.1) is 24.8 Å². The summed E-state index contributed by atoms with van der Waals surface area (Å²) in [5.74, 6) is -0.263. The Bertz CT molecular complexity index is 992.